The van der Waals surface area contributed by atoms with Gasteiger partial charge in [-0.1, -0.05) is 30.3 Å². The van der Waals surface area contributed by atoms with Gasteiger partial charge in [0.1, 0.15) is 0 Å². The Morgan fingerprint density at radius 3 is 2.47 bits per heavy atom. The molecule has 1 aromatic heterocycles. The van der Waals surface area contributed by atoms with Crippen molar-refractivity contribution >= 4 is 5.97 Å². The molecule has 3 nitrogen and oxygen atoms in total. The Bertz CT molecular complexity index is 480. The third-order valence-corrected chi connectivity index (χ3v) is 2.08. The maximum absolute atomic E-state index is 10.6. The summed E-state index contributed by atoms with van der Waals surface area (Å²) < 4.78 is 0. The van der Waals surface area contributed by atoms with E-state index >= 15 is 0 Å². The first kappa shape index (κ1) is 9.40. The van der Waals surface area contributed by atoms with Crippen molar-refractivity contribution in [3.8, 4) is 11.1 Å². The fourth-order valence-electron chi connectivity index (χ4n) is 1.34. The Balaban J connectivity index is 2.46. The first-order valence-corrected chi connectivity index (χ1v) is 4.49. The smallest absolute Gasteiger partial charge is 0.0731 e. The van der Waals surface area contributed by atoms with E-state index in [1.165, 1.54) is 6.20 Å². The number of hydrogen-bond acceptors (Lipinski definition) is 3. The average molecular weight is 198 g/mol. The summed E-state index contributed by atoms with van der Waals surface area (Å²) in [6, 6.07) is 11.0. The molecule has 0 radical (unpaired) electrons. The second-order valence-corrected chi connectivity index (χ2v) is 3.12. The first-order valence-electron chi connectivity index (χ1n) is 4.49. The van der Waals surface area contributed by atoms with Crippen LogP contribution in [0.3, 0.4) is 0 Å². The van der Waals surface area contributed by atoms with Gasteiger partial charge in [0.2, 0.25) is 0 Å². The number of pyridine rings is 1. The summed E-state index contributed by atoms with van der Waals surface area (Å²) in [4.78, 5) is 14.5. The Morgan fingerprint density at radius 1 is 1.07 bits per heavy atom. The highest BCUT2D eigenvalue weighted by Crippen LogP contribution is 2.18. The number of nitrogens with zero attached hydrogens (tertiary/aromatic N) is 1. The minimum atomic E-state index is -1.21. The molecule has 15 heavy (non-hydrogen) atoms. The lowest BCUT2D eigenvalue weighted by molar-refractivity contribution is -0.255. The fourth-order valence-corrected chi connectivity index (χ4v) is 1.34. The van der Waals surface area contributed by atoms with Crippen LogP contribution in [0.15, 0.2) is 48.8 Å². The van der Waals surface area contributed by atoms with Crippen LogP contribution in [0.1, 0.15) is 10.4 Å². The van der Waals surface area contributed by atoms with Crippen LogP contribution >= 0.6 is 0 Å². The number of rotatable bonds is 2. The van der Waals surface area contributed by atoms with Crippen LogP contribution in [0.25, 0.3) is 11.1 Å². The van der Waals surface area contributed by atoms with Gasteiger partial charge in [0, 0.05) is 23.5 Å². The number of aromatic carboxylic acids is 1. The molecule has 0 aliphatic heterocycles. The highest BCUT2D eigenvalue weighted by Gasteiger charge is 1.99. The maximum atomic E-state index is 10.6. The van der Waals surface area contributed by atoms with E-state index < -0.39 is 5.97 Å². The molecule has 0 bridgehead atoms. The van der Waals surface area contributed by atoms with Crippen LogP contribution in [-0.2, 0) is 0 Å². The van der Waals surface area contributed by atoms with Crippen LogP contribution in [0, 0.1) is 0 Å². The van der Waals surface area contributed by atoms with Crippen LogP contribution in [0.4, 0.5) is 0 Å². The third-order valence-electron chi connectivity index (χ3n) is 2.08. The third kappa shape index (κ3) is 2.02. The highest BCUT2D eigenvalue weighted by atomic mass is 16.4. The molecule has 0 fully saturated rings. The predicted octanol–water partition coefficient (Wildman–Crippen LogP) is 1.11. The Morgan fingerprint density at radius 2 is 1.80 bits per heavy atom. The molecular weight excluding hydrogens is 190 g/mol. The molecule has 2 rings (SSSR count). The van der Waals surface area contributed by atoms with Crippen molar-refractivity contribution in [3.05, 3.63) is 54.4 Å². The lowest BCUT2D eigenvalue weighted by Gasteiger charge is -2.04. The zero-order chi connectivity index (χ0) is 10.7. The van der Waals surface area contributed by atoms with Gasteiger partial charge in [-0.2, -0.15) is 0 Å². The summed E-state index contributed by atoms with van der Waals surface area (Å²) in [6.07, 6.45) is 2.91. The van der Waals surface area contributed by atoms with Gasteiger partial charge in [-0.15, -0.1) is 0 Å². The predicted molar refractivity (Wildman–Crippen MR) is 54.0 cm³/mol. The van der Waals surface area contributed by atoms with Gasteiger partial charge in [0.05, 0.1) is 5.97 Å². The summed E-state index contributed by atoms with van der Waals surface area (Å²) in [5, 5.41) is 10.6. The lowest BCUT2D eigenvalue weighted by Crippen LogP contribution is -2.22. The summed E-state index contributed by atoms with van der Waals surface area (Å²) >= 11 is 0. The van der Waals surface area contributed by atoms with Gasteiger partial charge in [0.15, 0.2) is 0 Å². The zero-order valence-corrected chi connectivity index (χ0v) is 7.88. The average Bonchev–Trinajstić information content (AvgIpc) is 2.30. The number of carboxylic acid groups (broad SMARTS) is 1. The molecule has 0 aliphatic carbocycles. The van der Waals surface area contributed by atoms with E-state index in [0.717, 1.165) is 11.1 Å². The monoisotopic (exact) mass is 198 g/mol. The second-order valence-electron chi connectivity index (χ2n) is 3.12. The maximum Gasteiger partial charge on any atom is 0.0731 e. The van der Waals surface area contributed by atoms with Crippen molar-refractivity contribution < 1.29 is 9.90 Å². The molecule has 1 heterocycles. The molecule has 0 aliphatic rings. The second kappa shape index (κ2) is 3.92. The summed E-state index contributed by atoms with van der Waals surface area (Å²) in [6.45, 7) is 0. The molecule has 0 saturated carbocycles. The molecule has 0 N–H and O–H groups in total. The topological polar surface area (TPSA) is 53.0 Å². The summed E-state index contributed by atoms with van der Waals surface area (Å²) in [7, 11) is 0. The van der Waals surface area contributed by atoms with E-state index in [2.05, 4.69) is 4.98 Å². The van der Waals surface area contributed by atoms with E-state index in [9.17, 15) is 9.90 Å². The number of aromatic nitrogens is 1. The van der Waals surface area contributed by atoms with Gasteiger partial charge >= 0.3 is 0 Å². The van der Waals surface area contributed by atoms with E-state index in [4.69, 9.17) is 0 Å². The van der Waals surface area contributed by atoms with Gasteiger partial charge in [-0.05, 0) is 11.6 Å². The first-order chi connectivity index (χ1) is 7.27. The molecule has 0 unspecified atom stereocenters. The number of benzene rings is 1. The van der Waals surface area contributed by atoms with Crippen molar-refractivity contribution in [3.63, 3.8) is 0 Å². The number of hydrogen-bond donors (Lipinski definition) is 0. The largest absolute Gasteiger partial charge is 0.545 e. The Labute approximate surface area is 87.0 Å². The van der Waals surface area contributed by atoms with Crippen LogP contribution in [-0.4, -0.2) is 11.0 Å². The van der Waals surface area contributed by atoms with E-state index in [1.807, 2.05) is 30.3 Å². The van der Waals surface area contributed by atoms with Crippen molar-refractivity contribution in [2.24, 2.45) is 0 Å². The number of carbonyl (C=O) groups excluding carboxylic acids is 1. The molecule has 0 amide bonds. The van der Waals surface area contributed by atoms with Gasteiger partial charge in [-0.25, -0.2) is 0 Å². The van der Waals surface area contributed by atoms with Crippen LogP contribution < -0.4 is 5.11 Å². The van der Waals surface area contributed by atoms with E-state index in [1.54, 1.807) is 12.3 Å². The molecule has 0 spiro atoms. The molecule has 2 aromatic rings. The standard InChI is InChI=1S/C12H9NO2/c14-12(15)11-6-10(7-13-8-11)9-4-2-1-3-5-9/h1-8H,(H,14,15)/p-1. The van der Waals surface area contributed by atoms with Crippen LogP contribution in [0.2, 0.25) is 0 Å². The van der Waals surface area contributed by atoms with Gasteiger partial charge in [-0.3, -0.25) is 4.98 Å². The lowest BCUT2D eigenvalue weighted by atomic mass is 10.1. The van der Waals surface area contributed by atoms with Crippen molar-refractivity contribution in [2.45, 2.75) is 0 Å². The molecule has 0 saturated heterocycles. The van der Waals surface area contributed by atoms with Crippen molar-refractivity contribution in [1.82, 2.24) is 4.98 Å². The molecular formula is C12H8NO2-. The molecule has 0 atom stereocenters. The van der Waals surface area contributed by atoms with E-state index in [0.29, 0.717) is 0 Å². The molecule has 3 heteroatoms. The molecule has 74 valence electrons. The Hall–Kier alpha value is -2.16. The van der Waals surface area contributed by atoms with E-state index in [-0.39, 0.29) is 5.56 Å². The van der Waals surface area contributed by atoms with Crippen molar-refractivity contribution in [1.29, 1.82) is 0 Å². The summed E-state index contributed by atoms with van der Waals surface area (Å²) in [5.74, 6) is -1.21. The Kier molecular flexibility index (Phi) is 2.46. The van der Waals surface area contributed by atoms with Crippen LogP contribution in [0.5, 0.6) is 0 Å². The van der Waals surface area contributed by atoms with Crippen molar-refractivity contribution in [2.75, 3.05) is 0 Å². The number of carboxylic acids is 1. The fraction of sp³-hybridized carbons (Fsp3) is 0. The highest BCUT2D eigenvalue weighted by molar-refractivity contribution is 5.87. The quantitative estimate of drug-likeness (QED) is 0.726. The zero-order valence-electron chi connectivity index (χ0n) is 7.88. The minimum absolute atomic E-state index is 0.0938. The SMILES string of the molecule is O=C([O-])c1cncc(-c2ccccc2)c1. The number of carbonyl (C=O) groups is 1. The summed E-state index contributed by atoms with van der Waals surface area (Å²) in [5.41, 5.74) is 1.81. The van der Waals surface area contributed by atoms with Gasteiger partial charge < -0.3 is 9.90 Å². The molecule has 1 aromatic carbocycles. The van der Waals surface area contributed by atoms with Gasteiger partial charge in [0.25, 0.3) is 0 Å². The normalized spacial score (nSPS) is 9.87. The minimum Gasteiger partial charge on any atom is -0.545 e.